The van der Waals surface area contributed by atoms with E-state index < -0.39 is 0 Å². The molecule has 0 nitrogen and oxygen atoms in total. The Hall–Kier alpha value is -1.04. The summed E-state index contributed by atoms with van der Waals surface area (Å²) >= 11 is 0. The molecule has 0 saturated carbocycles. The monoisotopic (exact) mass is 166 g/mol. The zero-order valence-corrected chi connectivity index (χ0v) is 8.93. The third kappa shape index (κ3) is 64.8. The van der Waals surface area contributed by atoms with Crippen molar-refractivity contribution >= 4 is 0 Å². The van der Waals surface area contributed by atoms with Gasteiger partial charge in [0.25, 0.3) is 0 Å². The van der Waals surface area contributed by atoms with Crippen molar-refractivity contribution in [3.8, 4) is 0 Å². The van der Waals surface area contributed by atoms with Crippen LogP contribution in [0, 0.1) is 0 Å². The molecule has 0 amide bonds. The Balaban J connectivity index is -0.000000137. The average Bonchev–Trinajstić information content (AvgIpc) is 2.06. The van der Waals surface area contributed by atoms with Crippen molar-refractivity contribution in [3.05, 3.63) is 49.6 Å². The van der Waals surface area contributed by atoms with Crippen molar-refractivity contribution in [3.63, 3.8) is 0 Å². The molecule has 0 aromatic heterocycles. The molecule has 0 fully saturated rings. The second-order valence-corrected chi connectivity index (χ2v) is 1.85. The summed E-state index contributed by atoms with van der Waals surface area (Å²) in [5.74, 6) is 0. The van der Waals surface area contributed by atoms with E-state index in [9.17, 15) is 0 Å². The molecule has 0 bridgehead atoms. The van der Waals surface area contributed by atoms with Crippen molar-refractivity contribution in [2.24, 2.45) is 0 Å². The topological polar surface area (TPSA) is 0 Å². The van der Waals surface area contributed by atoms with Gasteiger partial charge in [-0.2, -0.15) is 0 Å². The third-order valence-electron chi connectivity index (χ3n) is 0.517. The molecule has 0 rings (SSSR count). The molecule has 0 heteroatoms. The first-order valence-corrected chi connectivity index (χ1v) is 4.20. The largest absolute Gasteiger partial charge is 0.103 e. The van der Waals surface area contributed by atoms with Gasteiger partial charge in [-0.3, -0.25) is 0 Å². The van der Waals surface area contributed by atoms with Crippen molar-refractivity contribution in [1.82, 2.24) is 0 Å². The van der Waals surface area contributed by atoms with Crippen LogP contribution < -0.4 is 0 Å². The molecule has 0 aliphatic carbocycles. The van der Waals surface area contributed by atoms with Crippen molar-refractivity contribution in [2.45, 2.75) is 27.7 Å². The van der Waals surface area contributed by atoms with Crippen LogP contribution in [0.25, 0.3) is 0 Å². The van der Waals surface area contributed by atoms with Gasteiger partial charge in [-0.15, -0.1) is 6.58 Å². The van der Waals surface area contributed by atoms with Crippen LogP contribution in [0.15, 0.2) is 49.6 Å². The Labute approximate surface area is 78.0 Å². The molecule has 0 aromatic rings. The van der Waals surface area contributed by atoms with Crippen LogP contribution in [0.2, 0.25) is 0 Å². The molecule has 0 unspecified atom stereocenters. The van der Waals surface area contributed by atoms with Crippen molar-refractivity contribution < 1.29 is 0 Å². The maximum atomic E-state index is 3.66. The van der Waals surface area contributed by atoms with Crippen molar-refractivity contribution in [1.29, 1.82) is 0 Å². The standard InChI is InChI=1S/C7H10.C3H6.C2H6/c1-4-5-6-7(2)3;1-3-2;1-2/h4-6H,1-2H2,3H3;3H,1H2,2H3;1-2H3/b6-5-;;. The molecule has 0 atom stereocenters. The van der Waals surface area contributed by atoms with Gasteiger partial charge in [0, 0.05) is 0 Å². The Morgan fingerprint density at radius 1 is 1.17 bits per heavy atom. The van der Waals surface area contributed by atoms with E-state index in [0.717, 1.165) is 5.57 Å². The predicted octanol–water partition coefficient (Wildman–Crippen LogP) is 4.52. The van der Waals surface area contributed by atoms with Crippen LogP contribution in [0.4, 0.5) is 0 Å². The Kier molecular flexibility index (Phi) is 32.2. The minimum absolute atomic E-state index is 1.06. The van der Waals surface area contributed by atoms with Gasteiger partial charge in [0.1, 0.15) is 0 Å². The quantitative estimate of drug-likeness (QED) is 0.418. The summed E-state index contributed by atoms with van der Waals surface area (Å²) in [6.45, 7) is 18.4. The lowest BCUT2D eigenvalue weighted by Gasteiger charge is -1.77. The maximum Gasteiger partial charge on any atom is -0.0404 e. The summed E-state index contributed by atoms with van der Waals surface area (Å²) in [7, 11) is 0. The van der Waals surface area contributed by atoms with Gasteiger partial charge < -0.3 is 0 Å². The van der Waals surface area contributed by atoms with Crippen LogP contribution in [0.5, 0.6) is 0 Å². The van der Waals surface area contributed by atoms with E-state index in [1.54, 1.807) is 12.2 Å². The highest BCUT2D eigenvalue weighted by Gasteiger charge is 1.65. The SMILES string of the molecule is C=C/C=C\C(=C)C.C=CC.CC. The van der Waals surface area contributed by atoms with Crippen LogP contribution in [-0.2, 0) is 0 Å². The van der Waals surface area contributed by atoms with Gasteiger partial charge in [0.05, 0.1) is 0 Å². The van der Waals surface area contributed by atoms with Crippen LogP contribution in [0.1, 0.15) is 27.7 Å². The number of allylic oxidation sites excluding steroid dienone is 5. The van der Waals surface area contributed by atoms with Crippen LogP contribution in [-0.4, -0.2) is 0 Å². The first-order valence-electron chi connectivity index (χ1n) is 4.20. The summed E-state index contributed by atoms with van der Waals surface area (Å²) in [5, 5.41) is 0. The van der Waals surface area contributed by atoms with Gasteiger partial charge in [0.15, 0.2) is 0 Å². The fourth-order valence-corrected chi connectivity index (χ4v) is 0.232. The highest BCUT2D eigenvalue weighted by atomic mass is 13.7. The first kappa shape index (κ1) is 17.2. The normalized spacial score (nSPS) is 7.00. The first-order chi connectivity index (χ1) is 5.68. The molecule has 12 heavy (non-hydrogen) atoms. The molecular formula is C12H22. The van der Waals surface area contributed by atoms with Crippen LogP contribution in [0.3, 0.4) is 0 Å². The molecule has 0 spiro atoms. The zero-order chi connectivity index (χ0) is 10.4. The van der Waals surface area contributed by atoms with E-state index in [0.29, 0.717) is 0 Å². The predicted molar refractivity (Wildman–Crippen MR) is 61.4 cm³/mol. The second kappa shape index (κ2) is 22.5. The Morgan fingerprint density at radius 3 is 1.58 bits per heavy atom. The molecule has 0 aliphatic rings. The minimum Gasteiger partial charge on any atom is -0.103 e. The Bertz CT molecular complexity index is 127. The molecular weight excluding hydrogens is 144 g/mol. The highest BCUT2D eigenvalue weighted by Crippen LogP contribution is 1.86. The molecule has 70 valence electrons. The van der Waals surface area contributed by atoms with E-state index in [4.69, 9.17) is 0 Å². The van der Waals surface area contributed by atoms with Crippen LogP contribution >= 0.6 is 0 Å². The summed E-state index contributed by atoms with van der Waals surface area (Å²) in [6.07, 6.45) is 7.25. The van der Waals surface area contributed by atoms with E-state index >= 15 is 0 Å². The number of hydrogen-bond acceptors (Lipinski definition) is 0. The molecule has 0 radical (unpaired) electrons. The summed E-state index contributed by atoms with van der Waals surface area (Å²) in [4.78, 5) is 0. The molecule has 0 aromatic carbocycles. The fraction of sp³-hybridized carbons (Fsp3) is 0.333. The Morgan fingerprint density at radius 2 is 1.50 bits per heavy atom. The summed E-state index contributed by atoms with van der Waals surface area (Å²) < 4.78 is 0. The molecule has 0 saturated heterocycles. The van der Waals surface area contributed by atoms with E-state index in [-0.39, 0.29) is 0 Å². The minimum atomic E-state index is 1.06. The lowest BCUT2D eigenvalue weighted by Crippen LogP contribution is -1.55. The summed E-state index contributed by atoms with van der Waals surface area (Å²) in [6, 6.07) is 0. The van der Waals surface area contributed by atoms with Gasteiger partial charge in [0.2, 0.25) is 0 Å². The number of hydrogen-bond donors (Lipinski definition) is 0. The third-order valence-corrected chi connectivity index (χ3v) is 0.517. The molecule has 0 heterocycles. The molecule has 0 N–H and O–H groups in total. The highest BCUT2D eigenvalue weighted by molar-refractivity contribution is 5.15. The van der Waals surface area contributed by atoms with Gasteiger partial charge in [-0.25, -0.2) is 0 Å². The van der Waals surface area contributed by atoms with Gasteiger partial charge in [-0.1, -0.05) is 56.9 Å². The molecule has 0 aliphatic heterocycles. The van der Waals surface area contributed by atoms with E-state index in [1.807, 2.05) is 39.8 Å². The maximum absolute atomic E-state index is 3.66. The zero-order valence-electron chi connectivity index (χ0n) is 8.93. The summed E-state index contributed by atoms with van der Waals surface area (Å²) in [5.41, 5.74) is 1.06. The average molecular weight is 166 g/mol. The van der Waals surface area contributed by atoms with Crippen molar-refractivity contribution in [2.75, 3.05) is 0 Å². The van der Waals surface area contributed by atoms with E-state index in [1.165, 1.54) is 0 Å². The number of rotatable bonds is 2. The fourth-order valence-electron chi connectivity index (χ4n) is 0.232. The lowest BCUT2D eigenvalue weighted by molar-refractivity contribution is 1.50. The van der Waals surface area contributed by atoms with E-state index in [2.05, 4.69) is 19.7 Å². The lowest BCUT2D eigenvalue weighted by atomic mass is 10.3. The van der Waals surface area contributed by atoms with Gasteiger partial charge >= 0.3 is 0 Å². The smallest absolute Gasteiger partial charge is 0.0404 e. The second-order valence-electron chi connectivity index (χ2n) is 1.85. The van der Waals surface area contributed by atoms with Gasteiger partial charge in [-0.05, 0) is 13.8 Å².